The highest BCUT2D eigenvalue weighted by molar-refractivity contribution is 5.56. The van der Waals surface area contributed by atoms with E-state index in [9.17, 15) is 9.90 Å². The highest BCUT2D eigenvalue weighted by Gasteiger charge is 2.60. The van der Waals surface area contributed by atoms with E-state index in [4.69, 9.17) is 0 Å². The zero-order chi connectivity index (χ0) is 17.1. The molecular formula is C22H36O2. The normalized spacial score (nSPS) is 55.2. The van der Waals surface area contributed by atoms with Crippen LogP contribution in [0.15, 0.2) is 0 Å². The molecule has 0 radical (unpaired) electrons. The molecule has 0 aromatic rings. The monoisotopic (exact) mass is 332 g/mol. The summed E-state index contributed by atoms with van der Waals surface area (Å²) in [5.41, 5.74) is 0.769. The second-order valence-electron chi connectivity index (χ2n) is 10.4. The first-order valence-electron chi connectivity index (χ1n) is 10.5. The number of hydrogen-bond acceptors (Lipinski definition) is 2. The van der Waals surface area contributed by atoms with Crippen LogP contribution < -0.4 is 0 Å². The third kappa shape index (κ3) is 2.27. The minimum atomic E-state index is -0.737. The molecule has 1 N–H and O–H groups in total. The lowest BCUT2D eigenvalue weighted by Gasteiger charge is -2.61. The summed E-state index contributed by atoms with van der Waals surface area (Å²) in [5, 5.41) is 10.3. The van der Waals surface area contributed by atoms with Crippen molar-refractivity contribution in [2.45, 2.75) is 84.7 Å². The van der Waals surface area contributed by atoms with Crippen LogP contribution in [0.1, 0.15) is 78.6 Å². The summed E-state index contributed by atoms with van der Waals surface area (Å²) in [7, 11) is 0. The van der Waals surface area contributed by atoms with Crippen LogP contribution in [0.4, 0.5) is 0 Å². The van der Waals surface area contributed by atoms with Gasteiger partial charge in [-0.2, -0.15) is 0 Å². The number of fused-ring (bicyclic) bond motifs is 5. The molecule has 4 saturated carbocycles. The molecule has 136 valence electrons. The van der Waals surface area contributed by atoms with Crippen LogP contribution in [0.25, 0.3) is 0 Å². The summed E-state index contributed by atoms with van der Waals surface area (Å²) in [6, 6.07) is 0. The van der Waals surface area contributed by atoms with Gasteiger partial charge in [0.25, 0.3) is 0 Å². The van der Waals surface area contributed by atoms with E-state index in [0.29, 0.717) is 5.41 Å². The Hall–Kier alpha value is -0.370. The topological polar surface area (TPSA) is 37.3 Å². The van der Waals surface area contributed by atoms with Gasteiger partial charge in [-0.25, -0.2) is 0 Å². The summed E-state index contributed by atoms with van der Waals surface area (Å²) in [6.07, 6.45) is 12.1. The molecule has 0 saturated heterocycles. The summed E-state index contributed by atoms with van der Waals surface area (Å²) in [4.78, 5) is 11.2. The van der Waals surface area contributed by atoms with E-state index in [-0.39, 0.29) is 11.3 Å². The van der Waals surface area contributed by atoms with Gasteiger partial charge in [0.1, 0.15) is 12.4 Å². The van der Waals surface area contributed by atoms with Crippen molar-refractivity contribution in [1.29, 1.82) is 0 Å². The minimum Gasteiger partial charge on any atom is -0.385 e. The van der Waals surface area contributed by atoms with Gasteiger partial charge < -0.3 is 9.90 Å². The Morgan fingerprint density at radius 1 is 0.958 bits per heavy atom. The van der Waals surface area contributed by atoms with Crippen molar-refractivity contribution in [2.24, 2.45) is 46.3 Å². The molecule has 0 spiro atoms. The minimum absolute atomic E-state index is 0.201. The van der Waals surface area contributed by atoms with Crippen molar-refractivity contribution in [2.75, 3.05) is 0 Å². The zero-order valence-corrected chi connectivity index (χ0v) is 15.8. The van der Waals surface area contributed by atoms with Crippen molar-refractivity contribution in [3.05, 3.63) is 0 Å². The molecule has 0 amide bonds. The number of aliphatic hydroxyl groups is 1. The lowest BCUT2D eigenvalue weighted by molar-refractivity contribution is -0.133. The summed E-state index contributed by atoms with van der Waals surface area (Å²) >= 11 is 0. The third-order valence-corrected chi connectivity index (χ3v) is 9.55. The predicted molar refractivity (Wildman–Crippen MR) is 96.5 cm³/mol. The van der Waals surface area contributed by atoms with Crippen LogP contribution in [0.5, 0.6) is 0 Å². The Labute approximate surface area is 147 Å². The molecule has 4 aliphatic rings. The standard InChI is InChI=1S/C22H36O2/c1-14-8-10-21(2)15(12-14)4-5-16-17-6-7-19(20(24)13-23)22(17,3)11-9-18(16)21/h13-20,24H,4-12H2,1-3H3. The molecule has 0 aromatic carbocycles. The molecule has 4 fully saturated rings. The Bertz CT molecular complexity index is 502. The maximum absolute atomic E-state index is 11.2. The SMILES string of the molecule is CC1CCC2(C)C(CCC3C2CCC2(C)C(C(O)C=O)CCC32)C1. The van der Waals surface area contributed by atoms with Crippen LogP contribution in [-0.4, -0.2) is 17.5 Å². The fraction of sp³-hybridized carbons (Fsp3) is 0.955. The fourth-order valence-corrected chi connectivity index (χ4v) is 8.17. The van der Waals surface area contributed by atoms with Crippen molar-refractivity contribution >= 4 is 6.29 Å². The van der Waals surface area contributed by atoms with Crippen LogP contribution >= 0.6 is 0 Å². The second-order valence-corrected chi connectivity index (χ2v) is 10.4. The Kier molecular flexibility index (Phi) is 4.14. The number of rotatable bonds is 2. The van der Waals surface area contributed by atoms with Crippen LogP contribution in [0.2, 0.25) is 0 Å². The predicted octanol–water partition coefficient (Wildman–Crippen LogP) is 4.84. The van der Waals surface area contributed by atoms with E-state index in [1.54, 1.807) is 0 Å². The first-order chi connectivity index (χ1) is 11.4. The van der Waals surface area contributed by atoms with Gasteiger partial charge in [-0.3, -0.25) is 0 Å². The van der Waals surface area contributed by atoms with E-state index in [2.05, 4.69) is 20.8 Å². The molecule has 0 aliphatic heterocycles. The molecule has 4 rings (SSSR count). The van der Waals surface area contributed by atoms with Crippen LogP contribution in [-0.2, 0) is 4.79 Å². The van der Waals surface area contributed by atoms with Gasteiger partial charge in [-0.15, -0.1) is 0 Å². The van der Waals surface area contributed by atoms with Gasteiger partial charge in [0.2, 0.25) is 0 Å². The van der Waals surface area contributed by atoms with Gasteiger partial charge in [-0.05, 0) is 97.7 Å². The maximum atomic E-state index is 11.2. The average molecular weight is 333 g/mol. The molecular weight excluding hydrogens is 296 g/mol. The van der Waals surface area contributed by atoms with E-state index in [0.717, 1.165) is 42.3 Å². The van der Waals surface area contributed by atoms with Gasteiger partial charge in [-0.1, -0.05) is 27.2 Å². The molecule has 9 atom stereocenters. The van der Waals surface area contributed by atoms with E-state index in [1.165, 1.54) is 51.4 Å². The Balaban J connectivity index is 1.60. The fourth-order valence-electron chi connectivity index (χ4n) is 8.17. The maximum Gasteiger partial charge on any atom is 0.148 e. The number of hydrogen-bond donors (Lipinski definition) is 1. The number of aliphatic hydroxyl groups excluding tert-OH is 1. The molecule has 0 bridgehead atoms. The molecule has 9 unspecified atom stereocenters. The molecule has 24 heavy (non-hydrogen) atoms. The molecule has 2 nitrogen and oxygen atoms in total. The number of carbonyl (C=O) groups is 1. The lowest BCUT2D eigenvalue weighted by atomic mass is 9.44. The molecule has 0 heterocycles. The quantitative estimate of drug-likeness (QED) is 0.735. The average Bonchev–Trinajstić information content (AvgIpc) is 2.92. The summed E-state index contributed by atoms with van der Waals surface area (Å²) in [6.45, 7) is 7.47. The van der Waals surface area contributed by atoms with Crippen molar-refractivity contribution in [1.82, 2.24) is 0 Å². The number of carbonyl (C=O) groups excluding carboxylic acids is 1. The largest absolute Gasteiger partial charge is 0.385 e. The van der Waals surface area contributed by atoms with Crippen molar-refractivity contribution < 1.29 is 9.90 Å². The van der Waals surface area contributed by atoms with E-state index in [1.807, 2.05) is 0 Å². The number of aldehydes is 1. The summed E-state index contributed by atoms with van der Waals surface area (Å²) < 4.78 is 0. The van der Waals surface area contributed by atoms with E-state index >= 15 is 0 Å². The highest BCUT2D eigenvalue weighted by Crippen LogP contribution is 2.67. The van der Waals surface area contributed by atoms with Gasteiger partial charge in [0.15, 0.2) is 0 Å². The zero-order valence-electron chi connectivity index (χ0n) is 15.8. The van der Waals surface area contributed by atoms with E-state index < -0.39 is 6.10 Å². The van der Waals surface area contributed by atoms with Crippen LogP contribution in [0.3, 0.4) is 0 Å². The van der Waals surface area contributed by atoms with Crippen LogP contribution in [0, 0.1) is 46.3 Å². The molecule has 2 heteroatoms. The first kappa shape index (κ1) is 17.1. The van der Waals surface area contributed by atoms with Gasteiger partial charge in [0.05, 0.1) is 0 Å². The molecule has 0 aromatic heterocycles. The van der Waals surface area contributed by atoms with Crippen molar-refractivity contribution in [3.63, 3.8) is 0 Å². The van der Waals surface area contributed by atoms with Crippen molar-refractivity contribution in [3.8, 4) is 0 Å². The van der Waals surface area contributed by atoms with Gasteiger partial charge in [0, 0.05) is 0 Å². The smallest absolute Gasteiger partial charge is 0.148 e. The lowest BCUT2D eigenvalue weighted by Crippen LogP contribution is -2.54. The second kappa shape index (κ2) is 5.83. The Morgan fingerprint density at radius 3 is 2.42 bits per heavy atom. The Morgan fingerprint density at radius 2 is 1.67 bits per heavy atom. The summed E-state index contributed by atoms with van der Waals surface area (Å²) in [5.74, 6) is 4.57. The van der Waals surface area contributed by atoms with Gasteiger partial charge >= 0.3 is 0 Å². The first-order valence-corrected chi connectivity index (χ1v) is 10.5. The third-order valence-electron chi connectivity index (χ3n) is 9.55. The molecule has 4 aliphatic carbocycles. The highest BCUT2D eigenvalue weighted by atomic mass is 16.3.